The summed E-state index contributed by atoms with van der Waals surface area (Å²) in [5, 5.41) is 0. The van der Waals surface area contributed by atoms with Gasteiger partial charge in [-0.1, -0.05) is 0 Å². The maximum atomic E-state index is 2.33. The number of hydrogen-bond donors (Lipinski definition) is 0. The second-order valence-electron chi connectivity index (χ2n) is 2.65. The normalized spacial score (nSPS) is 11.0. The molecule has 0 aromatic carbocycles. The molecule has 1 rings (SSSR count). The molecule has 0 unspecified atom stereocenters. The Morgan fingerprint density at radius 1 is 1.40 bits per heavy atom. The van der Waals surface area contributed by atoms with E-state index >= 15 is 0 Å². The third-order valence-corrected chi connectivity index (χ3v) is 2.86. The van der Waals surface area contributed by atoms with Crippen molar-refractivity contribution in [2.45, 2.75) is 19.9 Å². The maximum absolute atomic E-state index is 2.33. The standard InChI is InChI=1S/C7H12N2.Pt/c1-7(2)9-5-4-8(3)6-9;/h4-5,7H,1-3H3;. The average Bonchev–Trinajstić information content (AvgIpc) is 2.14. The molecule has 0 aliphatic rings. The van der Waals surface area contributed by atoms with Crippen LogP contribution in [0.25, 0.3) is 0 Å². The van der Waals surface area contributed by atoms with Crippen molar-refractivity contribution < 1.29 is 19.4 Å². The van der Waals surface area contributed by atoms with Gasteiger partial charge in [0.05, 0.1) is 0 Å². The molecule has 1 aromatic rings. The van der Waals surface area contributed by atoms with Crippen LogP contribution in [-0.4, -0.2) is 9.13 Å². The Kier molecular flexibility index (Phi) is 2.30. The second-order valence-corrected chi connectivity index (χ2v) is 3.67. The van der Waals surface area contributed by atoms with Crippen molar-refractivity contribution in [2.24, 2.45) is 7.05 Å². The molecular weight excluding hydrogens is 307 g/mol. The van der Waals surface area contributed by atoms with E-state index in [0.717, 1.165) is 0 Å². The summed E-state index contributed by atoms with van der Waals surface area (Å²) in [4.78, 5) is 0. The fourth-order valence-corrected chi connectivity index (χ4v) is 1.76. The van der Waals surface area contributed by atoms with Gasteiger partial charge in [-0.25, -0.2) is 0 Å². The van der Waals surface area contributed by atoms with E-state index in [4.69, 9.17) is 0 Å². The molecule has 0 bridgehead atoms. The van der Waals surface area contributed by atoms with Gasteiger partial charge in [-0.3, -0.25) is 0 Å². The van der Waals surface area contributed by atoms with Gasteiger partial charge in [-0.2, -0.15) is 0 Å². The fraction of sp³-hybridized carbons (Fsp3) is 0.571. The number of imidazole rings is 1. The molecule has 10 heavy (non-hydrogen) atoms. The number of nitrogens with zero attached hydrogens (tertiary/aromatic N) is 2. The minimum atomic E-state index is 0.564. The Bertz CT molecular complexity index is 269. The van der Waals surface area contributed by atoms with Gasteiger partial charge in [0.1, 0.15) is 0 Å². The van der Waals surface area contributed by atoms with Gasteiger partial charge < -0.3 is 0 Å². The SMILES string of the molecule is CC(C)n1ccn(C)[c]1=[Pt]. The van der Waals surface area contributed by atoms with Gasteiger partial charge in [-0.15, -0.1) is 0 Å². The van der Waals surface area contributed by atoms with E-state index in [0.29, 0.717) is 6.04 Å². The Labute approximate surface area is 71.9 Å². The van der Waals surface area contributed by atoms with E-state index in [2.05, 4.69) is 61.8 Å². The zero-order valence-electron chi connectivity index (χ0n) is 6.44. The zero-order valence-corrected chi connectivity index (χ0v) is 8.71. The van der Waals surface area contributed by atoms with Gasteiger partial charge in [0.15, 0.2) is 0 Å². The third-order valence-electron chi connectivity index (χ3n) is 1.47. The van der Waals surface area contributed by atoms with Gasteiger partial charge in [0, 0.05) is 0 Å². The Morgan fingerprint density at radius 3 is 2.20 bits per heavy atom. The average molecular weight is 319 g/mol. The summed E-state index contributed by atoms with van der Waals surface area (Å²) in [6.07, 6.45) is 4.18. The monoisotopic (exact) mass is 319 g/mol. The van der Waals surface area contributed by atoms with Crippen LogP contribution < -0.4 is 0 Å². The first-order valence-corrected chi connectivity index (χ1v) is 4.45. The molecule has 0 amide bonds. The van der Waals surface area contributed by atoms with E-state index in [-0.39, 0.29) is 0 Å². The minimum absolute atomic E-state index is 0.564. The van der Waals surface area contributed by atoms with E-state index in [1.54, 1.807) is 0 Å². The van der Waals surface area contributed by atoms with Gasteiger partial charge in [0.25, 0.3) is 0 Å². The van der Waals surface area contributed by atoms with Crippen molar-refractivity contribution in [1.82, 2.24) is 9.13 Å². The summed E-state index contributed by atoms with van der Waals surface area (Å²) in [5.41, 5.74) is 0. The molecule has 0 N–H and O–H groups in total. The van der Waals surface area contributed by atoms with Crippen LogP contribution in [-0.2, 0) is 26.4 Å². The number of aryl methyl sites for hydroxylation is 1. The summed E-state index contributed by atoms with van der Waals surface area (Å²) >= 11 is 2.33. The summed E-state index contributed by atoms with van der Waals surface area (Å²) in [6, 6.07) is 0.564. The van der Waals surface area contributed by atoms with Gasteiger partial charge >= 0.3 is 71.6 Å². The van der Waals surface area contributed by atoms with Crippen molar-refractivity contribution in [1.29, 1.82) is 0 Å². The molecule has 0 aliphatic heterocycles. The molecule has 0 saturated heterocycles. The van der Waals surface area contributed by atoms with E-state index in [9.17, 15) is 0 Å². The number of hydrogen-bond acceptors (Lipinski definition) is 0. The number of rotatable bonds is 1. The van der Waals surface area contributed by atoms with Crippen molar-refractivity contribution in [3.8, 4) is 0 Å². The molecule has 0 aliphatic carbocycles. The van der Waals surface area contributed by atoms with E-state index in [1.165, 1.54) is 3.80 Å². The van der Waals surface area contributed by atoms with Crippen molar-refractivity contribution in [3.63, 3.8) is 0 Å². The van der Waals surface area contributed by atoms with Gasteiger partial charge in [0.2, 0.25) is 0 Å². The summed E-state index contributed by atoms with van der Waals surface area (Å²) in [5.74, 6) is 0. The molecule has 1 aromatic heterocycles. The quantitative estimate of drug-likeness (QED) is 0.742. The molecule has 1 heterocycles. The van der Waals surface area contributed by atoms with Crippen LogP contribution in [0.15, 0.2) is 12.4 Å². The van der Waals surface area contributed by atoms with Crippen molar-refractivity contribution >= 4 is 0 Å². The Balaban J connectivity index is 3.18. The summed E-state index contributed by atoms with van der Waals surface area (Å²) in [7, 11) is 2.06. The fourth-order valence-electron chi connectivity index (χ4n) is 0.837. The van der Waals surface area contributed by atoms with Crippen molar-refractivity contribution in [3.05, 3.63) is 16.2 Å². The molecule has 0 fully saturated rings. The van der Waals surface area contributed by atoms with Crippen LogP contribution in [0.3, 0.4) is 0 Å². The first-order chi connectivity index (χ1) is 4.63. The molecule has 60 valence electrons. The first kappa shape index (κ1) is 8.00. The predicted octanol–water partition coefficient (Wildman–Crippen LogP) is 1.49. The molecule has 3 heteroatoms. The molecule has 0 radical (unpaired) electrons. The Hall–Kier alpha value is -0.102. The van der Waals surface area contributed by atoms with Gasteiger partial charge in [-0.05, 0) is 0 Å². The first-order valence-electron chi connectivity index (χ1n) is 3.32. The Morgan fingerprint density at radius 2 is 2.00 bits per heavy atom. The van der Waals surface area contributed by atoms with Crippen LogP contribution in [0, 0.1) is 3.80 Å². The van der Waals surface area contributed by atoms with Crippen molar-refractivity contribution in [2.75, 3.05) is 0 Å². The molecule has 0 atom stereocenters. The third kappa shape index (κ3) is 1.32. The van der Waals surface area contributed by atoms with Crippen LogP contribution in [0.4, 0.5) is 0 Å². The van der Waals surface area contributed by atoms with Crippen LogP contribution in [0.5, 0.6) is 0 Å². The topological polar surface area (TPSA) is 9.86 Å². The molecule has 0 spiro atoms. The molecule has 2 nitrogen and oxygen atoms in total. The van der Waals surface area contributed by atoms with E-state index < -0.39 is 0 Å². The predicted molar refractivity (Wildman–Crippen MR) is 37.0 cm³/mol. The molecular formula is C7H12N2Pt. The summed E-state index contributed by atoms with van der Waals surface area (Å²) in [6.45, 7) is 4.37. The van der Waals surface area contributed by atoms with E-state index in [1.807, 2.05) is 0 Å². The molecule has 0 saturated carbocycles. The second kappa shape index (κ2) is 2.87. The summed E-state index contributed by atoms with van der Waals surface area (Å²) < 4.78 is 5.62. The number of aromatic nitrogens is 2. The van der Waals surface area contributed by atoms with Crippen LogP contribution in [0.1, 0.15) is 19.9 Å². The van der Waals surface area contributed by atoms with Crippen LogP contribution >= 0.6 is 0 Å². The zero-order chi connectivity index (χ0) is 7.72. The van der Waals surface area contributed by atoms with Crippen LogP contribution in [0.2, 0.25) is 0 Å².